The molecule has 4 rings (SSSR count). The minimum atomic E-state index is -0.160. The number of ether oxygens (including phenoxy) is 1. The van der Waals surface area contributed by atoms with Crippen LogP contribution in [0.25, 0.3) is 0 Å². The molecule has 1 unspecified atom stereocenters. The molecule has 0 bridgehead atoms. The Hall–Kier alpha value is -2.43. The Morgan fingerprint density at radius 1 is 1.27 bits per heavy atom. The number of rotatable bonds is 1. The lowest BCUT2D eigenvalue weighted by atomic mass is 9.50. The maximum Gasteiger partial charge on any atom is 0.125 e. The van der Waals surface area contributed by atoms with Gasteiger partial charge in [0.2, 0.25) is 0 Å². The van der Waals surface area contributed by atoms with Crippen LogP contribution in [0, 0.1) is 12.8 Å². The predicted octanol–water partition coefficient (Wildman–Crippen LogP) is 3.78. The summed E-state index contributed by atoms with van der Waals surface area (Å²) in [6.07, 6.45) is 3.58. The molecule has 5 nitrogen and oxygen atoms in total. The van der Waals surface area contributed by atoms with Gasteiger partial charge in [-0.15, -0.1) is 0 Å². The number of fused-ring (bicyclic) bond motifs is 4. The second kappa shape index (κ2) is 5.53. The number of aromatic nitrogens is 2. The van der Waals surface area contributed by atoms with E-state index in [1.807, 2.05) is 25.3 Å². The van der Waals surface area contributed by atoms with Crippen molar-refractivity contribution in [2.75, 3.05) is 7.11 Å². The fourth-order valence-corrected chi connectivity index (χ4v) is 5.20. The SMILES string of the molecule is COc1ccc2c(c1)[C@@]1(C)Cc3cnc(C)nc3C(C)(C)C1C/C2=N/O. The average Bonchev–Trinajstić information content (AvgIpc) is 2.62. The van der Waals surface area contributed by atoms with Crippen LogP contribution in [-0.4, -0.2) is 28.0 Å². The molecule has 1 aromatic carbocycles. The Bertz CT molecular complexity index is 919. The van der Waals surface area contributed by atoms with E-state index in [1.165, 1.54) is 11.1 Å². The summed E-state index contributed by atoms with van der Waals surface area (Å²) < 4.78 is 5.48. The first-order valence-electron chi connectivity index (χ1n) is 9.04. The Balaban J connectivity index is 1.99. The summed E-state index contributed by atoms with van der Waals surface area (Å²) in [6, 6.07) is 6.05. The van der Waals surface area contributed by atoms with Crippen molar-refractivity contribution in [3.63, 3.8) is 0 Å². The van der Waals surface area contributed by atoms with Crippen molar-refractivity contribution in [3.05, 3.63) is 52.6 Å². The van der Waals surface area contributed by atoms with E-state index in [2.05, 4.69) is 37.0 Å². The van der Waals surface area contributed by atoms with Gasteiger partial charge >= 0.3 is 0 Å². The second-order valence-electron chi connectivity index (χ2n) is 8.32. The molecule has 2 aliphatic rings. The lowest BCUT2D eigenvalue weighted by Crippen LogP contribution is -2.53. The molecule has 0 saturated heterocycles. The van der Waals surface area contributed by atoms with Gasteiger partial charge in [0.25, 0.3) is 0 Å². The number of nitrogens with zero attached hydrogens (tertiary/aromatic N) is 3. The molecule has 1 aromatic heterocycles. The van der Waals surface area contributed by atoms with Crippen molar-refractivity contribution < 1.29 is 9.94 Å². The molecule has 0 amide bonds. The minimum absolute atomic E-state index is 0.104. The van der Waals surface area contributed by atoms with Crippen LogP contribution in [0.1, 0.15) is 55.4 Å². The van der Waals surface area contributed by atoms with E-state index in [-0.39, 0.29) is 16.7 Å². The molecule has 2 aromatic rings. The van der Waals surface area contributed by atoms with Crippen LogP contribution in [0.2, 0.25) is 0 Å². The van der Waals surface area contributed by atoms with Gasteiger partial charge in [0.05, 0.1) is 18.5 Å². The number of hydrogen-bond acceptors (Lipinski definition) is 5. The fourth-order valence-electron chi connectivity index (χ4n) is 5.20. The Labute approximate surface area is 154 Å². The van der Waals surface area contributed by atoms with Gasteiger partial charge in [0.1, 0.15) is 11.6 Å². The number of aryl methyl sites for hydroxylation is 1. The van der Waals surface area contributed by atoms with Crippen LogP contribution in [0.4, 0.5) is 0 Å². The van der Waals surface area contributed by atoms with Gasteiger partial charge in [-0.1, -0.05) is 25.9 Å². The van der Waals surface area contributed by atoms with E-state index in [0.717, 1.165) is 41.4 Å². The molecule has 1 N–H and O–H groups in total. The van der Waals surface area contributed by atoms with E-state index in [9.17, 15) is 5.21 Å². The molecule has 0 fully saturated rings. The van der Waals surface area contributed by atoms with Crippen LogP contribution in [-0.2, 0) is 17.3 Å². The normalized spacial score (nSPS) is 27.4. The largest absolute Gasteiger partial charge is 0.497 e. The third-order valence-electron chi connectivity index (χ3n) is 6.46. The first-order chi connectivity index (χ1) is 12.3. The van der Waals surface area contributed by atoms with Crippen molar-refractivity contribution in [1.82, 2.24) is 9.97 Å². The molecule has 0 radical (unpaired) electrons. The summed E-state index contributed by atoms with van der Waals surface area (Å²) >= 11 is 0. The highest BCUT2D eigenvalue weighted by molar-refractivity contribution is 6.03. The van der Waals surface area contributed by atoms with E-state index < -0.39 is 0 Å². The number of hydrogen-bond donors (Lipinski definition) is 1. The molecule has 2 atom stereocenters. The third kappa shape index (κ3) is 2.19. The van der Waals surface area contributed by atoms with Gasteiger partial charge in [0.15, 0.2) is 0 Å². The maximum atomic E-state index is 9.68. The first-order valence-corrected chi connectivity index (χ1v) is 9.04. The maximum absolute atomic E-state index is 9.68. The lowest BCUT2D eigenvalue weighted by Gasteiger charge is -2.54. The zero-order valence-corrected chi connectivity index (χ0v) is 16.0. The third-order valence-corrected chi connectivity index (χ3v) is 6.46. The lowest BCUT2D eigenvalue weighted by molar-refractivity contribution is 0.157. The summed E-state index contributed by atoms with van der Waals surface area (Å²) in [7, 11) is 1.68. The van der Waals surface area contributed by atoms with Crippen molar-refractivity contribution >= 4 is 5.71 Å². The summed E-state index contributed by atoms with van der Waals surface area (Å²) in [5, 5.41) is 13.3. The van der Waals surface area contributed by atoms with E-state index >= 15 is 0 Å². The van der Waals surface area contributed by atoms with Crippen LogP contribution in [0.15, 0.2) is 29.6 Å². The Morgan fingerprint density at radius 2 is 2.04 bits per heavy atom. The number of benzene rings is 1. The highest BCUT2D eigenvalue weighted by Crippen LogP contribution is 2.56. The monoisotopic (exact) mass is 351 g/mol. The zero-order chi connectivity index (χ0) is 18.7. The number of methoxy groups -OCH3 is 1. The average molecular weight is 351 g/mol. The fraction of sp³-hybridized carbons (Fsp3) is 0.476. The van der Waals surface area contributed by atoms with Crippen LogP contribution < -0.4 is 4.74 Å². The summed E-state index contributed by atoms with van der Waals surface area (Å²) in [5.74, 6) is 1.89. The smallest absolute Gasteiger partial charge is 0.125 e. The van der Waals surface area contributed by atoms with Gasteiger partial charge in [-0.25, -0.2) is 9.97 Å². The van der Waals surface area contributed by atoms with Gasteiger partial charge in [-0.2, -0.15) is 0 Å². The molecule has 0 saturated carbocycles. The first kappa shape index (κ1) is 17.0. The number of oxime groups is 1. The topological polar surface area (TPSA) is 67.6 Å². The molecular weight excluding hydrogens is 326 g/mol. The van der Waals surface area contributed by atoms with Gasteiger partial charge in [0, 0.05) is 22.6 Å². The van der Waals surface area contributed by atoms with Gasteiger partial charge in [-0.3, -0.25) is 0 Å². The Morgan fingerprint density at radius 3 is 2.73 bits per heavy atom. The Kier molecular flexibility index (Phi) is 3.62. The van der Waals surface area contributed by atoms with E-state index in [0.29, 0.717) is 0 Å². The van der Waals surface area contributed by atoms with Gasteiger partial charge in [-0.05, 0) is 55.0 Å². The molecule has 2 aliphatic carbocycles. The highest BCUT2D eigenvalue weighted by Gasteiger charge is 2.54. The minimum Gasteiger partial charge on any atom is -0.497 e. The van der Waals surface area contributed by atoms with Crippen molar-refractivity contribution in [3.8, 4) is 5.75 Å². The van der Waals surface area contributed by atoms with Crippen molar-refractivity contribution in [2.24, 2.45) is 11.1 Å². The second-order valence-corrected chi connectivity index (χ2v) is 8.32. The molecule has 26 heavy (non-hydrogen) atoms. The molecule has 5 heteroatoms. The van der Waals surface area contributed by atoms with Crippen LogP contribution in [0.3, 0.4) is 0 Å². The molecule has 136 valence electrons. The quantitative estimate of drug-likeness (QED) is 0.627. The molecule has 0 spiro atoms. The van der Waals surface area contributed by atoms with E-state index in [4.69, 9.17) is 9.72 Å². The molecular formula is C21H25N3O2. The predicted molar refractivity (Wildman–Crippen MR) is 100 cm³/mol. The van der Waals surface area contributed by atoms with Crippen molar-refractivity contribution in [2.45, 2.75) is 51.4 Å². The summed E-state index contributed by atoms with van der Waals surface area (Å²) in [5.41, 5.74) is 5.00. The van der Waals surface area contributed by atoms with Crippen molar-refractivity contribution in [1.29, 1.82) is 0 Å². The van der Waals surface area contributed by atoms with Crippen LogP contribution in [0.5, 0.6) is 5.75 Å². The molecule has 0 aliphatic heterocycles. The standard InChI is InChI=1S/C21H25N3O2/c1-12-22-11-13-10-21(4)16-8-14(26-5)6-7-15(16)17(24-25)9-18(21)20(2,3)19(13)23-12/h6-8,11,18,25H,9-10H2,1-5H3/b24-17-/t18?,21-/m1/s1. The summed E-state index contributed by atoms with van der Waals surface area (Å²) in [4.78, 5) is 9.24. The van der Waals surface area contributed by atoms with Gasteiger partial charge < -0.3 is 9.94 Å². The zero-order valence-electron chi connectivity index (χ0n) is 16.0. The highest BCUT2D eigenvalue weighted by atomic mass is 16.5. The molecule has 1 heterocycles. The van der Waals surface area contributed by atoms with Crippen LogP contribution >= 0.6 is 0 Å². The van der Waals surface area contributed by atoms with E-state index in [1.54, 1.807) is 7.11 Å². The summed E-state index contributed by atoms with van der Waals surface area (Å²) in [6.45, 7) is 8.75.